The zero-order valence-corrected chi connectivity index (χ0v) is 16.5. The van der Waals surface area contributed by atoms with Crippen LogP contribution in [0.3, 0.4) is 0 Å². The van der Waals surface area contributed by atoms with Gasteiger partial charge in [0.15, 0.2) is 0 Å². The third-order valence-corrected chi connectivity index (χ3v) is 8.22. The highest BCUT2D eigenvalue weighted by Crippen LogP contribution is 2.52. The van der Waals surface area contributed by atoms with Crippen molar-refractivity contribution in [1.82, 2.24) is 4.98 Å². The highest BCUT2D eigenvalue weighted by molar-refractivity contribution is 7.09. The van der Waals surface area contributed by atoms with Crippen molar-refractivity contribution < 1.29 is 19.1 Å². The van der Waals surface area contributed by atoms with E-state index in [9.17, 15) is 9.59 Å². The van der Waals surface area contributed by atoms with E-state index in [4.69, 9.17) is 14.5 Å². The fourth-order valence-corrected chi connectivity index (χ4v) is 6.97. The molecule has 27 heavy (non-hydrogen) atoms. The summed E-state index contributed by atoms with van der Waals surface area (Å²) in [6, 6.07) is 0. The van der Waals surface area contributed by atoms with E-state index in [1.165, 1.54) is 12.8 Å². The highest BCUT2D eigenvalue weighted by Gasteiger charge is 2.53. The normalized spacial score (nSPS) is 32.0. The standard InChI is InChI=1S/C21H27NO4S/c23-17-11-14(20(25-17)7-3-1-4-8-20)16-13-27-19(22-16)15-12-18(24)26-21(15)9-5-2-6-10-21/h13-15H,1-12H2/t14-,15+/m1/s1. The Morgan fingerprint density at radius 3 is 1.93 bits per heavy atom. The third-order valence-electron chi connectivity index (χ3n) is 7.24. The summed E-state index contributed by atoms with van der Waals surface area (Å²) < 4.78 is 11.7. The van der Waals surface area contributed by atoms with Crippen LogP contribution < -0.4 is 0 Å². The molecule has 0 amide bonds. The lowest BCUT2D eigenvalue weighted by Gasteiger charge is -2.36. The van der Waals surface area contributed by atoms with Gasteiger partial charge in [-0.05, 0) is 51.4 Å². The number of carbonyl (C=O) groups excluding carboxylic acids is 2. The quantitative estimate of drug-likeness (QED) is 0.691. The Balaban J connectivity index is 1.44. The average Bonchev–Trinajstić information content (AvgIpc) is 3.33. The van der Waals surface area contributed by atoms with Crippen molar-refractivity contribution in [3.8, 4) is 0 Å². The fourth-order valence-electron chi connectivity index (χ4n) is 5.89. The van der Waals surface area contributed by atoms with Crippen LogP contribution in [-0.4, -0.2) is 28.1 Å². The molecule has 2 spiro atoms. The van der Waals surface area contributed by atoms with Crippen molar-refractivity contribution in [1.29, 1.82) is 0 Å². The molecule has 0 N–H and O–H groups in total. The molecule has 0 aromatic carbocycles. The van der Waals surface area contributed by atoms with Crippen molar-refractivity contribution in [2.75, 3.05) is 0 Å². The molecule has 2 aliphatic carbocycles. The molecule has 2 saturated carbocycles. The van der Waals surface area contributed by atoms with Gasteiger partial charge in [-0.1, -0.05) is 12.8 Å². The molecule has 0 unspecified atom stereocenters. The maximum absolute atomic E-state index is 12.1. The number of hydrogen-bond acceptors (Lipinski definition) is 6. The first-order valence-electron chi connectivity index (χ1n) is 10.5. The summed E-state index contributed by atoms with van der Waals surface area (Å²) in [7, 11) is 0. The predicted octanol–water partition coefficient (Wildman–Crippen LogP) is 4.61. The average molecular weight is 390 g/mol. The van der Waals surface area contributed by atoms with Gasteiger partial charge >= 0.3 is 11.9 Å². The second-order valence-corrected chi connectivity index (χ2v) is 9.71. The Bertz CT molecular complexity index is 685. The van der Waals surface area contributed by atoms with Crippen LogP contribution in [0.15, 0.2) is 5.38 Å². The molecule has 146 valence electrons. The summed E-state index contributed by atoms with van der Waals surface area (Å²) >= 11 is 1.64. The molecule has 1 aromatic rings. The molecule has 0 radical (unpaired) electrons. The van der Waals surface area contributed by atoms with Gasteiger partial charge in [-0.15, -0.1) is 11.3 Å². The smallest absolute Gasteiger partial charge is 0.307 e. The van der Waals surface area contributed by atoms with Crippen LogP contribution in [0.4, 0.5) is 0 Å². The molecular weight excluding hydrogens is 362 g/mol. The van der Waals surface area contributed by atoms with Crippen LogP contribution >= 0.6 is 11.3 Å². The number of hydrogen-bond donors (Lipinski definition) is 0. The van der Waals surface area contributed by atoms with Crippen LogP contribution in [0, 0.1) is 0 Å². The van der Waals surface area contributed by atoms with Crippen LogP contribution in [-0.2, 0) is 19.1 Å². The van der Waals surface area contributed by atoms with Gasteiger partial charge in [-0.25, -0.2) is 4.98 Å². The first-order chi connectivity index (χ1) is 13.1. The minimum Gasteiger partial charge on any atom is -0.458 e. The third kappa shape index (κ3) is 2.91. The molecule has 5 nitrogen and oxygen atoms in total. The van der Waals surface area contributed by atoms with Gasteiger partial charge in [-0.2, -0.15) is 0 Å². The largest absolute Gasteiger partial charge is 0.458 e. The molecule has 4 fully saturated rings. The minimum absolute atomic E-state index is 0.0654. The topological polar surface area (TPSA) is 65.5 Å². The van der Waals surface area contributed by atoms with Gasteiger partial charge in [0.1, 0.15) is 16.2 Å². The Labute approximate surface area is 163 Å². The van der Waals surface area contributed by atoms with Gasteiger partial charge in [0.05, 0.1) is 30.4 Å². The number of aromatic nitrogens is 1. The van der Waals surface area contributed by atoms with Crippen molar-refractivity contribution in [2.24, 2.45) is 0 Å². The Morgan fingerprint density at radius 1 is 0.815 bits per heavy atom. The van der Waals surface area contributed by atoms with Crippen LogP contribution in [0.1, 0.15) is 99.6 Å². The Kier molecular flexibility index (Phi) is 4.30. The Morgan fingerprint density at radius 2 is 1.33 bits per heavy atom. The number of rotatable bonds is 2. The number of esters is 2. The fraction of sp³-hybridized carbons (Fsp3) is 0.762. The minimum atomic E-state index is -0.342. The maximum atomic E-state index is 12.1. The van der Waals surface area contributed by atoms with E-state index in [2.05, 4.69) is 5.38 Å². The van der Waals surface area contributed by atoms with Crippen molar-refractivity contribution in [2.45, 2.75) is 100 Å². The number of thiazole rings is 1. The highest BCUT2D eigenvalue weighted by atomic mass is 32.1. The molecule has 3 heterocycles. The summed E-state index contributed by atoms with van der Waals surface area (Å²) in [5, 5.41) is 3.13. The summed E-state index contributed by atoms with van der Waals surface area (Å²) in [5.74, 6) is -0.0265. The SMILES string of the molecule is O=C1C[C@H](c2csc([C@@H]3CC(=O)OC34CCCCC4)n2)C2(CCCCC2)O1. The van der Waals surface area contributed by atoms with Gasteiger partial charge in [0.25, 0.3) is 0 Å². The lowest BCUT2D eigenvalue weighted by Crippen LogP contribution is -2.37. The lowest BCUT2D eigenvalue weighted by atomic mass is 9.74. The number of nitrogens with zero attached hydrogens (tertiary/aromatic N) is 1. The lowest BCUT2D eigenvalue weighted by molar-refractivity contribution is -0.152. The zero-order valence-electron chi connectivity index (χ0n) is 15.7. The first kappa shape index (κ1) is 17.7. The first-order valence-corrected chi connectivity index (χ1v) is 11.4. The van der Waals surface area contributed by atoms with Gasteiger partial charge in [0.2, 0.25) is 0 Å². The predicted molar refractivity (Wildman–Crippen MR) is 101 cm³/mol. The van der Waals surface area contributed by atoms with Crippen LogP contribution in [0.5, 0.6) is 0 Å². The second-order valence-electron chi connectivity index (χ2n) is 8.82. The Hall–Kier alpha value is -1.43. The van der Waals surface area contributed by atoms with E-state index in [1.807, 2.05) is 0 Å². The van der Waals surface area contributed by atoms with E-state index < -0.39 is 0 Å². The zero-order chi connectivity index (χ0) is 18.5. The van der Waals surface area contributed by atoms with Gasteiger partial charge in [0, 0.05) is 5.38 Å². The maximum Gasteiger partial charge on any atom is 0.307 e. The van der Waals surface area contributed by atoms with E-state index in [-0.39, 0.29) is 35.0 Å². The molecule has 4 aliphatic rings. The molecule has 0 bridgehead atoms. The van der Waals surface area contributed by atoms with Gasteiger partial charge < -0.3 is 9.47 Å². The summed E-state index contributed by atoms with van der Waals surface area (Å²) in [4.78, 5) is 29.3. The summed E-state index contributed by atoms with van der Waals surface area (Å²) in [6.07, 6.45) is 11.6. The summed E-state index contributed by atoms with van der Waals surface area (Å²) in [5.41, 5.74) is 0.313. The monoisotopic (exact) mass is 389 g/mol. The summed E-state index contributed by atoms with van der Waals surface area (Å²) in [6.45, 7) is 0. The number of carbonyl (C=O) groups is 2. The van der Waals surface area contributed by atoms with Crippen molar-refractivity contribution >= 4 is 23.3 Å². The van der Waals surface area contributed by atoms with E-state index in [0.29, 0.717) is 12.8 Å². The van der Waals surface area contributed by atoms with Crippen LogP contribution in [0.2, 0.25) is 0 Å². The molecule has 6 heteroatoms. The molecule has 1 aromatic heterocycles. The molecule has 2 saturated heterocycles. The van der Waals surface area contributed by atoms with E-state index in [1.54, 1.807) is 11.3 Å². The molecular formula is C21H27NO4S. The van der Waals surface area contributed by atoms with Crippen LogP contribution in [0.25, 0.3) is 0 Å². The van der Waals surface area contributed by atoms with E-state index in [0.717, 1.165) is 62.1 Å². The van der Waals surface area contributed by atoms with Crippen molar-refractivity contribution in [3.05, 3.63) is 16.1 Å². The van der Waals surface area contributed by atoms with Crippen molar-refractivity contribution in [3.63, 3.8) is 0 Å². The molecule has 5 rings (SSSR count). The molecule has 2 aliphatic heterocycles. The van der Waals surface area contributed by atoms with E-state index >= 15 is 0 Å². The molecule has 2 atom stereocenters. The van der Waals surface area contributed by atoms with Gasteiger partial charge in [-0.3, -0.25) is 9.59 Å². The second kappa shape index (κ2) is 6.57. The number of ether oxygens (including phenoxy) is 2.